The summed E-state index contributed by atoms with van der Waals surface area (Å²) in [5, 5.41) is 4.37. The Balaban J connectivity index is 2.23. The lowest BCUT2D eigenvalue weighted by atomic mass is 10.2. The van der Waals surface area contributed by atoms with Gasteiger partial charge in [-0.25, -0.2) is 0 Å². The number of nitrogens with two attached hydrogens (primary N) is 1. The van der Waals surface area contributed by atoms with Crippen molar-refractivity contribution in [2.75, 3.05) is 0 Å². The third-order valence-electron chi connectivity index (χ3n) is 2.14. The molecule has 0 amide bonds. The van der Waals surface area contributed by atoms with Crippen molar-refractivity contribution in [1.82, 2.24) is 15.1 Å². The van der Waals surface area contributed by atoms with E-state index < -0.39 is 0 Å². The summed E-state index contributed by atoms with van der Waals surface area (Å²) >= 11 is 5.74. The van der Waals surface area contributed by atoms with Crippen LogP contribution in [0.2, 0.25) is 5.02 Å². The molecule has 2 aromatic heterocycles. The highest BCUT2D eigenvalue weighted by Crippen LogP contribution is 2.18. The summed E-state index contributed by atoms with van der Waals surface area (Å²) in [6.45, 7) is 3.60. The highest BCUT2D eigenvalue weighted by Gasteiger charge is 2.14. The summed E-state index contributed by atoms with van der Waals surface area (Å²) in [6.07, 6.45) is 3.81. The van der Waals surface area contributed by atoms with E-state index in [-0.39, 0.29) is 6.04 Å². The van der Waals surface area contributed by atoms with Crippen LogP contribution in [0, 0.1) is 0 Å². The zero-order chi connectivity index (χ0) is 12.3. The molecule has 2 rings (SSSR count). The van der Waals surface area contributed by atoms with Crippen LogP contribution >= 0.6 is 11.6 Å². The highest BCUT2D eigenvalue weighted by molar-refractivity contribution is 6.30. The van der Waals surface area contributed by atoms with Gasteiger partial charge in [-0.1, -0.05) is 22.8 Å². The van der Waals surface area contributed by atoms with Crippen LogP contribution in [0.15, 0.2) is 35.5 Å². The largest absolute Gasteiger partial charge is 0.337 e. The molecule has 2 N–H and O–H groups in total. The van der Waals surface area contributed by atoms with E-state index in [1.807, 2.05) is 0 Å². The van der Waals surface area contributed by atoms with Crippen molar-refractivity contribution >= 4 is 11.6 Å². The van der Waals surface area contributed by atoms with Crippen LogP contribution in [0.3, 0.4) is 0 Å². The molecule has 6 heteroatoms. The monoisotopic (exact) mass is 250 g/mol. The molecule has 0 fully saturated rings. The molecule has 0 aliphatic carbocycles. The summed E-state index contributed by atoms with van der Waals surface area (Å²) in [7, 11) is 0. The first-order chi connectivity index (χ1) is 8.20. The quantitative estimate of drug-likeness (QED) is 0.843. The zero-order valence-corrected chi connectivity index (χ0v) is 9.76. The van der Waals surface area contributed by atoms with Crippen LogP contribution in [0.4, 0.5) is 0 Å². The lowest BCUT2D eigenvalue weighted by Gasteiger charge is -2.00. The molecular formula is C11H11ClN4O. The number of aromatic nitrogens is 3. The lowest BCUT2D eigenvalue weighted by molar-refractivity contribution is 0.355. The Kier molecular flexibility index (Phi) is 3.51. The van der Waals surface area contributed by atoms with Crippen LogP contribution in [0.1, 0.15) is 18.4 Å². The minimum atomic E-state index is -0.332. The van der Waals surface area contributed by atoms with Gasteiger partial charge in [0, 0.05) is 6.20 Å². The maximum atomic E-state index is 5.81. The maximum Gasteiger partial charge on any atom is 0.244 e. The predicted octanol–water partition coefficient (Wildman–Crippen LogP) is 2.36. The Morgan fingerprint density at radius 1 is 1.53 bits per heavy atom. The molecule has 1 unspecified atom stereocenters. The Hall–Kier alpha value is -1.72. The van der Waals surface area contributed by atoms with E-state index in [1.54, 1.807) is 18.2 Å². The van der Waals surface area contributed by atoms with Gasteiger partial charge in [0.05, 0.1) is 11.1 Å². The van der Waals surface area contributed by atoms with Crippen molar-refractivity contribution in [1.29, 1.82) is 0 Å². The third kappa shape index (κ3) is 2.69. The second-order valence-electron chi connectivity index (χ2n) is 3.45. The topological polar surface area (TPSA) is 77.8 Å². The van der Waals surface area contributed by atoms with Crippen molar-refractivity contribution in [3.05, 3.63) is 41.9 Å². The van der Waals surface area contributed by atoms with Gasteiger partial charge in [0.2, 0.25) is 11.7 Å². The molecule has 0 radical (unpaired) electrons. The van der Waals surface area contributed by atoms with Crippen LogP contribution in [-0.4, -0.2) is 15.1 Å². The van der Waals surface area contributed by atoms with E-state index >= 15 is 0 Å². The fourth-order valence-corrected chi connectivity index (χ4v) is 1.39. The second kappa shape index (κ2) is 5.07. The van der Waals surface area contributed by atoms with Gasteiger partial charge in [0.25, 0.3) is 0 Å². The Labute approximate surface area is 103 Å². The molecule has 1 atom stereocenters. The van der Waals surface area contributed by atoms with Crippen LogP contribution in [0.5, 0.6) is 0 Å². The third-order valence-corrected chi connectivity index (χ3v) is 2.36. The van der Waals surface area contributed by atoms with Crippen LogP contribution in [0.25, 0.3) is 11.5 Å². The molecule has 0 aromatic carbocycles. The smallest absolute Gasteiger partial charge is 0.244 e. The molecule has 0 bridgehead atoms. The molecule has 0 aliphatic rings. The number of pyridine rings is 1. The van der Waals surface area contributed by atoms with Crippen molar-refractivity contribution in [3.8, 4) is 11.5 Å². The Morgan fingerprint density at radius 3 is 3.00 bits per heavy atom. The fourth-order valence-electron chi connectivity index (χ4n) is 1.28. The molecule has 2 aromatic rings. The minimum absolute atomic E-state index is 0.332. The van der Waals surface area contributed by atoms with Crippen molar-refractivity contribution in [2.24, 2.45) is 5.73 Å². The number of hydrogen-bond donors (Lipinski definition) is 1. The molecule has 0 spiro atoms. The molecule has 0 saturated carbocycles. The van der Waals surface area contributed by atoms with E-state index in [4.69, 9.17) is 21.9 Å². The first-order valence-corrected chi connectivity index (χ1v) is 5.40. The Morgan fingerprint density at radius 2 is 2.35 bits per heavy atom. The fraction of sp³-hybridized carbons (Fsp3) is 0.182. The van der Waals surface area contributed by atoms with E-state index in [9.17, 15) is 0 Å². The van der Waals surface area contributed by atoms with Gasteiger partial charge < -0.3 is 10.3 Å². The van der Waals surface area contributed by atoms with Gasteiger partial charge in [-0.05, 0) is 18.6 Å². The summed E-state index contributed by atoms with van der Waals surface area (Å²) in [5.74, 6) is 0.771. The van der Waals surface area contributed by atoms with Crippen LogP contribution in [-0.2, 0) is 0 Å². The van der Waals surface area contributed by atoms with E-state index in [1.165, 1.54) is 6.20 Å². The normalized spacial score (nSPS) is 12.4. The predicted molar refractivity (Wildman–Crippen MR) is 64.3 cm³/mol. The second-order valence-corrected chi connectivity index (χ2v) is 3.89. The Bertz CT molecular complexity index is 508. The molecule has 0 saturated heterocycles. The zero-order valence-electron chi connectivity index (χ0n) is 9.01. The van der Waals surface area contributed by atoms with E-state index in [2.05, 4.69) is 21.7 Å². The lowest BCUT2D eigenvalue weighted by Crippen LogP contribution is -2.09. The van der Waals surface area contributed by atoms with E-state index in [0.29, 0.717) is 28.9 Å². The number of nitrogens with zero attached hydrogens (tertiary/aromatic N) is 3. The van der Waals surface area contributed by atoms with Gasteiger partial charge in [0.15, 0.2) is 0 Å². The van der Waals surface area contributed by atoms with Crippen LogP contribution < -0.4 is 5.73 Å². The van der Waals surface area contributed by atoms with Gasteiger partial charge in [0.1, 0.15) is 5.69 Å². The van der Waals surface area contributed by atoms with Crippen molar-refractivity contribution in [2.45, 2.75) is 12.5 Å². The molecule has 17 heavy (non-hydrogen) atoms. The molecular weight excluding hydrogens is 240 g/mol. The number of hydrogen-bond acceptors (Lipinski definition) is 5. The maximum absolute atomic E-state index is 5.81. The number of halogens is 1. The number of rotatable bonds is 4. The van der Waals surface area contributed by atoms with Crippen molar-refractivity contribution < 1.29 is 4.52 Å². The van der Waals surface area contributed by atoms with Gasteiger partial charge in [-0.2, -0.15) is 4.98 Å². The standard InChI is InChI=1S/C11H11ClN4O/c1-2-3-8(13)11-15-10(16-17-11)9-5-4-7(12)6-14-9/h2,4-6,8H,1,3,13H2. The summed E-state index contributed by atoms with van der Waals surface area (Å²) in [5.41, 5.74) is 6.40. The SMILES string of the molecule is C=CCC(N)c1nc(-c2ccc(Cl)cn2)no1. The van der Waals surface area contributed by atoms with Gasteiger partial charge in [-0.3, -0.25) is 4.98 Å². The molecule has 0 aliphatic heterocycles. The molecule has 2 heterocycles. The summed E-state index contributed by atoms with van der Waals surface area (Å²) in [6, 6.07) is 3.10. The highest BCUT2D eigenvalue weighted by atomic mass is 35.5. The summed E-state index contributed by atoms with van der Waals surface area (Å²) in [4.78, 5) is 8.26. The first kappa shape index (κ1) is 11.8. The average molecular weight is 251 g/mol. The summed E-state index contributed by atoms with van der Waals surface area (Å²) < 4.78 is 5.06. The average Bonchev–Trinajstić information content (AvgIpc) is 2.80. The first-order valence-electron chi connectivity index (χ1n) is 5.02. The molecule has 88 valence electrons. The van der Waals surface area contributed by atoms with E-state index in [0.717, 1.165) is 0 Å². The van der Waals surface area contributed by atoms with Gasteiger partial charge >= 0.3 is 0 Å². The van der Waals surface area contributed by atoms with Crippen molar-refractivity contribution in [3.63, 3.8) is 0 Å². The van der Waals surface area contributed by atoms with Gasteiger partial charge in [-0.15, -0.1) is 6.58 Å². The molecule has 5 nitrogen and oxygen atoms in total. The minimum Gasteiger partial charge on any atom is -0.337 e.